The van der Waals surface area contributed by atoms with E-state index in [0.29, 0.717) is 23.7 Å². The molecule has 4 aliphatic carbocycles. The molecule has 0 N–H and O–H groups in total. The van der Waals surface area contributed by atoms with Gasteiger partial charge < -0.3 is 0 Å². The molecular formula is C32H44Si. The maximum atomic E-state index is 2.65. The molecule has 0 bridgehead atoms. The van der Waals surface area contributed by atoms with Crippen molar-refractivity contribution in [3.8, 4) is 0 Å². The maximum Gasteiger partial charge on any atom is 0.113 e. The van der Waals surface area contributed by atoms with Gasteiger partial charge in [0.15, 0.2) is 0 Å². The molecule has 0 saturated heterocycles. The Balaban J connectivity index is 1.96. The van der Waals surface area contributed by atoms with Crippen LogP contribution in [0.2, 0.25) is 13.1 Å². The Kier molecular flexibility index (Phi) is 6.42. The number of hydrogen-bond donors (Lipinski definition) is 0. The Hall–Kier alpha value is -1.86. The number of rotatable bonds is 6. The summed E-state index contributed by atoms with van der Waals surface area (Å²) in [5.41, 5.74) is 12.7. The summed E-state index contributed by atoms with van der Waals surface area (Å²) in [5.74, 6) is 2.13. The van der Waals surface area contributed by atoms with E-state index in [1.54, 1.807) is 43.8 Å². The molecule has 2 atom stereocenters. The Bertz CT molecular complexity index is 1030. The van der Waals surface area contributed by atoms with Crippen LogP contribution in [-0.2, 0) is 0 Å². The highest BCUT2D eigenvalue weighted by molar-refractivity contribution is 6.92. The molecule has 0 aromatic rings. The molecule has 0 aromatic heterocycles. The molecule has 2 unspecified atom stereocenters. The van der Waals surface area contributed by atoms with Crippen molar-refractivity contribution in [2.45, 2.75) is 81.3 Å². The molecule has 0 saturated carbocycles. The zero-order valence-electron chi connectivity index (χ0n) is 22.7. The average Bonchev–Trinajstić information content (AvgIpc) is 3.34. The van der Waals surface area contributed by atoms with Crippen LogP contribution in [-0.4, -0.2) is 8.07 Å². The molecular weight excluding hydrogens is 412 g/mol. The van der Waals surface area contributed by atoms with Crippen molar-refractivity contribution in [3.63, 3.8) is 0 Å². The van der Waals surface area contributed by atoms with Crippen LogP contribution in [0.5, 0.6) is 0 Å². The van der Waals surface area contributed by atoms with Gasteiger partial charge >= 0.3 is 0 Å². The molecule has 0 heterocycles. The lowest BCUT2D eigenvalue weighted by molar-refractivity contribution is 0.679. The van der Waals surface area contributed by atoms with Crippen molar-refractivity contribution < 1.29 is 0 Å². The molecule has 0 aliphatic heterocycles. The van der Waals surface area contributed by atoms with Gasteiger partial charge in [0, 0.05) is 11.8 Å². The Morgan fingerprint density at radius 1 is 0.667 bits per heavy atom. The highest BCUT2D eigenvalue weighted by Gasteiger charge is 2.45. The summed E-state index contributed by atoms with van der Waals surface area (Å²) in [6.07, 6.45) is 17.2. The largest absolute Gasteiger partial charge is 0.113 e. The molecule has 1 heteroatoms. The maximum absolute atomic E-state index is 2.65. The van der Waals surface area contributed by atoms with Crippen LogP contribution in [0, 0.1) is 23.7 Å². The lowest BCUT2D eigenvalue weighted by Gasteiger charge is -2.35. The van der Waals surface area contributed by atoms with E-state index in [-0.39, 0.29) is 0 Å². The third-order valence-corrected chi connectivity index (χ3v) is 12.2. The van der Waals surface area contributed by atoms with Crippen LogP contribution >= 0.6 is 0 Å². The lowest BCUT2D eigenvalue weighted by atomic mass is 9.80. The normalized spacial score (nSPS) is 25.1. The molecule has 0 fully saturated rings. The van der Waals surface area contributed by atoms with Crippen LogP contribution in [0.1, 0.15) is 68.2 Å². The van der Waals surface area contributed by atoms with Crippen LogP contribution < -0.4 is 0 Å². The van der Waals surface area contributed by atoms with Gasteiger partial charge in [0.1, 0.15) is 8.07 Å². The van der Waals surface area contributed by atoms with Crippen LogP contribution in [0.4, 0.5) is 0 Å². The summed E-state index contributed by atoms with van der Waals surface area (Å²) in [7, 11) is -1.95. The van der Waals surface area contributed by atoms with E-state index in [4.69, 9.17) is 0 Å². The third-order valence-electron chi connectivity index (χ3n) is 8.50. The second-order valence-corrected chi connectivity index (χ2v) is 15.8. The van der Waals surface area contributed by atoms with Gasteiger partial charge in [-0.15, -0.1) is 0 Å². The minimum atomic E-state index is -1.95. The topological polar surface area (TPSA) is 0 Å². The average molecular weight is 457 g/mol. The van der Waals surface area contributed by atoms with Gasteiger partial charge in [-0.25, -0.2) is 0 Å². The summed E-state index contributed by atoms with van der Waals surface area (Å²) in [4.78, 5) is 0. The molecule has 0 nitrogen and oxygen atoms in total. The summed E-state index contributed by atoms with van der Waals surface area (Å²) in [6.45, 7) is 24.2. The second kappa shape index (κ2) is 8.73. The summed E-state index contributed by atoms with van der Waals surface area (Å²) >= 11 is 0. The van der Waals surface area contributed by atoms with Gasteiger partial charge in [-0.1, -0.05) is 113 Å². The molecule has 4 rings (SSSR count). The molecule has 0 radical (unpaired) electrons. The van der Waals surface area contributed by atoms with Crippen LogP contribution in [0.3, 0.4) is 0 Å². The minimum absolute atomic E-state index is 0.484. The van der Waals surface area contributed by atoms with Crippen LogP contribution in [0.25, 0.3) is 0 Å². The molecule has 0 spiro atoms. The van der Waals surface area contributed by atoms with E-state index in [1.807, 2.05) is 0 Å². The van der Waals surface area contributed by atoms with E-state index in [2.05, 4.69) is 105 Å². The fraction of sp³-hybridized carbons (Fsp3) is 0.500. The van der Waals surface area contributed by atoms with Gasteiger partial charge in [0.25, 0.3) is 0 Å². The van der Waals surface area contributed by atoms with Crippen molar-refractivity contribution in [2.75, 3.05) is 0 Å². The van der Waals surface area contributed by atoms with Crippen molar-refractivity contribution in [3.05, 3.63) is 91.4 Å². The second-order valence-electron chi connectivity index (χ2n) is 11.6. The highest BCUT2D eigenvalue weighted by Crippen LogP contribution is 2.54. The molecule has 0 aromatic carbocycles. The van der Waals surface area contributed by atoms with E-state index in [1.165, 1.54) is 11.1 Å². The zero-order valence-corrected chi connectivity index (χ0v) is 23.7. The van der Waals surface area contributed by atoms with Crippen molar-refractivity contribution >= 4 is 8.07 Å². The van der Waals surface area contributed by atoms with Gasteiger partial charge in [-0.2, -0.15) is 0 Å². The quantitative estimate of drug-likeness (QED) is 0.349. The zero-order chi connectivity index (χ0) is 24.2. The van der Waals surface area contributed by atoms with Gasteiger partial charge in [0.2, 0.25) is 0 Å². The smallest absolute Gasteiger partial charge is 0.0698 e. The lowest BCUT2D eigenvalue weighted by Crippen LogP contribution is -2.36. The Morgan fingerprint density at radius 2 is 1.03 bits per heavy atom. The first kappa shape index (κ1) is 24.3. The fourth-order valence-electron chi connectivity index (χ4n) is 6.93. The van der Waals surface area contributed by atoms with E-state index >= 15 is 0 Å². The monoisotopic (exact) mass is 456 g/mol. The Labute approximate surface area is 204 Å². The molecule has 0 amide bonds. The van der Waals surface area contributed by atoms with Crippen molar-refractivity contribution in [1.29, 1.82) is 0 Å². The van der Waals surface area contributed by atoms with Crippen molar-refractivity contribution in [2.24, 2.45) is 23.7 Å². The number of fused-ring (bicyclic) bond motifs is 2. The number of allylic oxidation sites excluding steroid dienone is 16. The third kappa shape index (κ3) is 3.72. The first-order valence-corrected chi connectivity index (χ1v) is 16.2. The molecule has 33 heavy (non-hydrogen) atoms. The van der Waals surface area contributed by atoms with Crippen LogP contribution in [0.15, 0.2) is 91.4 Å². The fourth-order valence-corrected chi connectivity index (χ4v) is 11.4. The first-order valence-electron chi connectivity index (χ1n) is 13.2. The number of hydrogen-bond acceptors (Lipinski definition) is 0. The van der Waals surface area contributed by atoms with E-state index in [0.717, 1.165) is 12.8 Å². The molecule has 4 aliphatic rings. The Morgan fingerprint density at radius 3 is 1.33 bits per heavy atom. The molecule has 176 valence electrons. The van der Waals surface area contributed by atoms with E-state index in [9.17, 15) is 0 Å². The summed E-state index contributed by atoms with van der Waals surface area (Å²) in [5, 5.41) is 3.48. The van der Waals surface area contributed by atoms with Crippen molar-refractivity contribution in [1.82, 2.24) is 0 Å². The van der Waals surface area contributed by atoms with E-state index < -0.39 is 8.07 Å². The standard InChI is InChI=1S/C32H44Si/c1-11-23-17-27-25(19(3)4)15-13-21(7)29(27)31(23)33(9,10)32-24(12-2)18-28-26(20(5)6)16-14-22(8)30(28)32/h13-20,27-28H,11-12H2,1-10H3. The summed E-state index contributed by atoms with van der Waals surface area (Å²) in [6, 6.07) is 0. The van der Waals surface area contributed by atoms with Gasteiger partial charge in [-0.3, -0.25) is 0 Å². The highest BCUT2D eigenvalue weighted by atomic mass is 28.3. The predicted molar refractivity (Wildman–Crippen MR) is 149 cm³/mol. The SMILES string of the molecule is CCC1=CC2C(C(C)C)=CC=C(C)C2=C1[Si](C)(C)C1=C2C(C)=CC=C(C(C)C)C2C=C1CC. The minimum Gasteiger partial charge on any atom is -0.0698 e. The van der Waals surface area contributed by atoms with Gasteiger partial charge in [-0.05, 0) is 71.2 Å². The van der Waals surface area contributed by atoms with Gasteiger partial charge in [0.05, 0.1) is 0 Å². The first-order chi connectivity index (χ1) is 15.5. The summed E-state index contributed by atoms with van der Waals surface area (Å²) < 4.78 is 0. The predicted octanol–water partition coefficient (Wildman–Crippen LogP) is 9.38.